The van der Waals surface area contributed by atoms with Crippen LogP contribution in [-0.4, -0.2) is 0 Å². The van der Waals surface area contributed by atoms with Gasteiger partial charge in [-0.1, -0.05) is 45.3 Å². The molecule has 0 radical (unpaired) electrons. The van der Waals surface area contributed by atoms with Gasteiger partial charge in [-0.2, -0.15) is 0 Å². The van der Waals surface area contributed by atoms with E-state index in [-0.39, 0.29) is 1.43 Å². The first-order valence-electron chi connectivity index (χ1n) is 5.32. The topological polar surface area (TPSA) is 0 Å². The Hall–Kier alpha value is -0.260. The van der Waals surface area contributed by atoms with Gasteiger partial charge in [-0.3, -0.25) is 0 Å². The molecule has 12 heavy (non-hydrogen) atoms. The largest absolute Gasteiger partial charge is 0.0998 e. The lowest BCUT2D eigenvalue weighted by atomic mass is 9.69. The third kappa shape index (κ3) is 1.91. The predicted molar refractivity (Wildman–Crippen MR) is 57.2 cm³/mol. The lowest BCUT2D eigenvalue weighted by Crippen LogP contribution is -2.26. The standard InChI is InChI=1S/C12H22.H2/c1-5-11-8-6-7-10(4)12(11)9(2)3;/h10-12H,2,5-8H2,1,3-4H3;1H. The van der Waals surface area contributed by atoms with Crippen molar-refractivity contribution < 1.29 is 1.43 Å². The van der Waals surface area contributed by atoms with Crippen LogP contribution in [0.5, 0.6) is 0 Å². The van der Waals surface area contributed by atoms with E-state index in [1.165, 1.54) is 31.3 Å². The Morgan fingerprint density at radius 3 is 2.58 bits per heavy atom. The molecule has 1 fully saturated rings. The highest BCUT2D eigenvalue weighted by atomic mass is 14.3. The van der Waals surface area contributed by atoms with E-state index in [1.807, 2.05) is 0 Å². The Morgan fingerprint density at radius 1 is 1.50 bits per heavy atom. The van der Waals surface area contributed by atoms with Gasteiger partial charge < -0.3 is 0 Å². The second kappa shape index (κ2) is 4.11. The molecule has 0 N–H and O–H groups in total. The maximum atomic E-state index is 4.13. The molecule has 72 valence electrons. The van der Waals surface area contributed by atoms with Crippen LogP contribution in [-0.2, 0) is 0 Å². The predicted octanol–water partition coefficient (Wildman–Crippen LogP) is 4.27. The highest BCUT2D eigenvalue weighted by Gasteiger charge is 2.29. The minimum atomic E-state index is 0. The molecule has 1 rings (SSSR count). The smallest absolute Gasteiger partial charge is 0 e. The molecule has 0 aromatic carbocycles. The molecule has 0 aromatic rings. The molecular formula is C12H24. The number of hydrogen-bond donors (Lipinski definition) is 0. The van der Waals surface area contributed by atoms with Crippen molar-refractivity contribution in [3.63, 3.8) is 0 Å². The van der Waals surface area contributed by atoms with Crippen LogP contribution >= 0.6 is 0 Å². The molecule has 0 nitrogen and oxygen atoms in total. The molecule has 0 heteroatoms. The molecule has 1 aliphatic rings. The molecule has 3 unspecified atom stereocenters. The van der Waals surface area contributed by atoms with E-state index in [0.717, 1.165) is 17.8 Å². The van der Waals surface area contributed by atoms with Gasteiger partial charge in [-0.05, 0) is 31.1 Å². The first-order valence-corrected chi connectivity index (χ1v) is 5.32. The summed E-state index contributed by atoms with van der Waals surface area (Å²) < 4.78 is 0. The van der Waals surface area contributed by atoms with Gasteiger partial charge in [-0.25, -0.2) is 0 Å². The summed E-state index contributed by atoms with van der Waals surface area (Å²) >= 11 is 0. The van der Waals surface area contributed by atoms with Gasteiger partial charge in [0.15, 0.2) is 0 Å². The van der Waals surface area contributed by atoms with Crippen LogP contribution in [0.4, 0.5) is 0 Å². The average molecular weight is 168 g/mol. The van der Waals surface area contributed by atoms with E-state index in [4.69, 9.17) is 0 Å². The molecule has 0 aromatic heterocycles. The van der Waals surface area contributed by atoms with Crippen molar-refractivity contribution in [2.45, 2.75) is 46.5 Å². The monoisotopic (exact) mass is 168 g/mol. The van der Waals surface area contributed by atoms with Gasteiger partial charge in [0, 0.05) is 1.43 Å². The molecule has 3 atom stereocenters. The quantitative estimate of drug-likeness (QED) is 0.540. The average Bonchev–Trinajstić information content (AvgIpc) is 2.03. The van der Waals surface area contributed by atoms with Gasteiger partial charge >= 0.3 is 0 Å². The van der Waals surface area contributed by atoms with Crippen molar-refractivity contribution in [1.29, 1.82) is 0 Å². The summed E-state index contributed by atoms with van der Waals surface area (Å²) in [5, 5.41) is 0. The summed E-state index contributed by atoms with van der Waals surface area (Å²) in [5.41, 5.74) is 1.41. The third-order valence-corrected chi connectivity index (χ3v) is 3.45. The maximum Gasteiger partial charge on any atom is 0 e. The van der Waals surface area contributed by atoms with Crippen molar-refractivity contribution in [1.82, 2.24) is 0 Å². The lowest BCUT2D eigenvalue weighted by molar-refractivity contribution is 0.193. The summed E-state index contributed by atoms with van der Waals surface area (Å²) in [6.07, 6.45) is 5.61. The summed E-state index contributed by atoms with van der Waals surface area (Å²) in [7, 11) is 0. The third-order valence-electron chi connectivity index (χ3n) is 3.45. The molecule has 1 aliphatic carbocycles. The van der Waals surface area contributed by atoms with E-state index < -0.39 is 0 Å². The lowest BCUT2D eigenvalue weighted by Gasteiger charge is -2.36. The van der Waals surface area contributed by atoms with Crippen molar-refractivity contribution in [2.75, 3.05) is 0 Å². The molecule has 0 saturated heterocycles. The van der Waals surface area contributed by atoms with E-state index in [9.17, 15) is 0 Å². The highest BCUT2D eigenvalue weighted by molar-refractivity contribution is 5.02. The zero-order valence-corrected chi connectivity index (χ0v) is 8.77. The first kappa shape index (κ1) is 9.83. The molecule has 0 spiro atoms. The Balaban J connectivity index is 0.00000144. The van der Waals surface area contributed by atoms with E-state index in [0.29, 0.717) is 0 Å². The molecule has 0 heterocycles. The Labute approximate surface area is 78.5 Å². The molecule has 0 amide bonds. The second-order valence-corrected chi connectivity index (χ2v) is 4.45. The van der Waals surface area contributed by atoms with Gasteiger partial charge in [-0.15, -0.1) is 0 Å². The summed E-state index contributed by atoms with van der Waals surface area (Å²) in [4.78, 5) is 0. The van der Waals surface area contributed by atoms with Gasteiger partial charge in [0.25, 0.3) is 0 Å². The summed E-state index contributed by atoms with van der Waals surface area (Å²) in [6, 6.07) is 0. The Kier molecular flexibility index (Phi) is 3.37. The fourth-order valence-electron chi connectivity index (χ4n) is 2.87. The number of allylic oxidation sites excluding steroid dienone is 1. The zero-order valence-electron chi connectivity index (χ0n) is 8.77. The normalized spacial score (nSPS) is 36.4. The molecule has 1 saturated carbocycles. The van der Waals surface area contributed by atoms with Crippen LogP contribution in [0.1, 0.15) is 47.9 Å². The Bertz CT molecular complexity index is 163. The van der Waals surface area contributed by atoms with Gasteiger partial charge in [0.05, 0.1) is 0 Å². The zero-order chi connectivity index (χ0) is 9.14. The number of rotatable bonds is 2. The highest BCUT2D eigenvalue weighted by Crippen LogP contribution is 2.39. The van der Waals surface area contributed by atoms with Crippen LogP contribution in [0.3, 0.4) is 0 Å². The van der Waals surface area contributed by atoms with Crippen LogP contribution in [0.25, 0.3) is 0 Å². The minimum Gasteiger partial charge on any atom is -0.0998 e. The maximum absolute atomic E-state index is 4.13. The second-order valence-electron chi connectivity index (χ2n) is 4.45. The first-order chi connectivity index (χ1) is 5.66. The Morgan fingerprint density at radius 2 is 2.17 bits per heavy atom. The SMILES string of the molecule is C=C(C)C1C(C)CCCC1CC.[HH]. The summed E-state index contributed by atoms with van der Waals surface area (Å²) in [5.74, 6) is 2.61. The fraction of sp³-hybridized carbons (Fsp3) is 0.833. The summed E-state index contributed by atoms with van der Waals surface area (Å²) in [6.45, 7) is 11.0. The minimum absolute atomic E-state index is 0. The van der Waals surface area contributed by atoms with Crippen LogP contribution in [0, 0.1) is 17.8 Å². The molecule has 0 aliphatic heterocycles. The van der Waals surface area contributed by atoms with Crippen LogP contribution in [0.15, 0.2) is 12.2 Å². The van der Waals surface area contributed by atoms with E-state index >= 15 is 0 Å². The number of hydrogen-bond acceptors (Lipinski definition) is 0. The van der Waals surface area contributed by atoms with Crippen LogP contribution in [0.2, 0.25) is 0 Å². The van der Waals surface area contributed by atoms with Crippen LogP contribution < -0.4 is 0 Å². The molecular weight excluding hydrogens is 144 g/mol. The van der Waals surface area contributed by atoms with E-state index in [2.05, 4.69) is 27.4 Å². The molecule has 0 bridgehead atoms. The fourth-order valence-corrected chi connectivity index (χ4v) is 2.87. The van der Waals surface area contributed by atoms with E-state index in [1.54, 1.807) is 0 Å². The van der Waals surface area contributed by atoms with Crippen molar-refractivity contribution in [3.8, 4) is 0 Å². The van der Waals surface area contributed by atoms with Crippen molar-refractivity contribution in [3.05, 3.63) is 12.2 Å². The van der Waals surface area contributed by atoms with Crippen molar-refractivity contribution >= 4 is 0 Å². The van der Waals surface area contributed by atoms with Gasteiger partial charge in [0.2, 0.25) is 0 Å². The van der Waals surface area contributed by atoms with Gasteiger partial charge in [0.1, 0.15) is 0 Å². The van der Waals surface area contributed by atoms with Crippen molar-refractivity contribution in [2.24, 2.45) is 17.8 Å².